The molecule has 1 aliphatic carbocycles. The van der Waals surface area contributed by atoms with Crippen molar-refractivity contribution < 1.29 is 14.3 Å². The fourth-order valence-electron chi connectivity index (χ4n) is 4.79. The maximum absolute atomic E-state index is 13.5. The number of hydrogen-bond donors (Lipinski definition) is 1. The fourth-order valence-corrected chi connectivity index (χ4v) is 4.79. The van der Waals surface area contributed by atoms with Gasteiger partial charge < -0.3 is 15.2 Å². The number of carbonyl (C=O) groups is 1. The molecule has 0 fully saturated rings. The van der Waals surface area contributed by atoms with Crippen molar-refractivity contribution in [3.63, 3.8) is 0 Å². The molecule has 33 heavy (non-hydrogen) atoms. The monoisotopic (exact) mass is 443 g/mol. The number of nitriles is 1. The SMILES string of the molecule is CCOc1ccc(C2C(C#N)=C(N)N(c3ccc(OC)cc3)C3=C2C(=O)CC(C)(C)C3)cc1. The van der Waals surface area contributed by atoms with Gasteiger partial charge in [0.15, 0.2) is 5.78 Å². The number of methoxy groups -OCH3 is 1. The van der Waals surface area contributed by atoms with Crippen LogP contribution in [0.4, 0.5) is 5.69 Å². The zero-order chi connectivity index (χ0) is 23.8. The summed E-state index contributed by atoms with van der Waals surface area (Å²) in [6.07, 6.45) is 1.10. The minimum absolute atomic E-state index is 0.0545. The van der Waals surface area contributed by atoms with Crippen molar-refractivity contribution >= 4 is 11.5 Å². The quantitative estimate of drug-likeness (QED) is 0.697. The topological polar surface area (TPSA) is 88.6 Å². The zero-order valence-electron chi connectivity index (χ0n) is 19.5. The first-order chi connectivity index (χ1) is 15.8. The Kier molecular flexibility index (Phi) is 5.90. The van der Waals surface area contributed by atoms with Gasteiger partial charge in [-0.3, -0.25) is 9.69 Å². The predicted octanol–water partition coefficient (Wildman–Crippen LogP) is 5.03. The molecule has 2 N–H and O–H groups in total. The highest BCUT2D eigenvalue weighted by Gasteiger charge is 2.44. The van der Waals surface area contributed by atoms with E-state index in [1.165, 1.54) is 0 Å². The number of allylic oxidation sites excluding steroid dienone is 3. The lowest BCUT2D eigenvalue weighted by Gasteiger charge is -2.43. The average molecular weight is 444 g/mol. The maximum Gasteiger partial charge on any atom is 0.162 e. The van der Waals surface area contributed by atoms with Crippen LogP contribution in [0.25, 0.3) is 0 Å². The van der Waals surface area contributed by atoms with Gasteiger partial charge in [-0.15, -0.1) is 0 Å². The Labute approximate surface area is 194 Å². The standard InChI is InChI=1S/C27H29N3O3/c1-5-33-20-10-6-17(7-11-20)24-21(16-28)26(29)30(18-8-12-19(32-4)13-9-18)22-14-27(2,3)15-23(31)25(22)24/h6-13,24H,5,14-15,29H2,1-4H3. The van der Waals surface area contributed by atoms with Gasteiger partial charge in [0.05, 0.1) is 31.3 Å². The van der Waals surface area contributed by atoms with Crippen molar-refractivity contribution in [2.24, 2.45) is 11.1 Å². The van der Waals surface area contributed by atoms with E-state index in [2.05, 4.69) is 19.9 Å². The molecule has 1 unspecified atom stereocenters. The Morgan fingerprint density at radius 2 is 1.73 bits per heavy atom. The Morgan fingerprint density at radius 3 is 2.30 bits per heavy atom. The van der Waals surface area contributed by atoms with Crippen molar-refractivity contribution in [1.29, 1.82) is 5.26 Å². The predicted molar refractivity (Wildman–Crippen MR) is 128 cm³/mol. The van der Waals surface area contributed by atoms with Crippen molar-refractivity contribution in [3.05, 3.63) is 76.8 Å². The van der Waals surface area contributed by atoms with E-state index < -0.39 is 5.92 Å². The lowest BCUT2D eigenvalue weighted by molar-refractivity contribution is -0.118. The second-order valence-corrected chi connectivity index (χ2v) is 9.18. The summed E-state index contributed by atoms with van der Waals surface area (Å²) >= 11 is 0. The number of carbonyl (C=O) groups excluding carboxylic acids is 1. The average Bonchev–Trinajstić information content (AvgIpc) is 2.78. The molecule has 0 saturated carbocycles. The summed E-state index contributed by atoms with van der Waals surface area (Å²) in [6, 6.07) is 17.4. The van der Waals surface area contributed by atoms with E-state index in [-0.39, 0.29) is 11.2 Å². The molecule has 6 heteroatoms. The molecule has 2 aromatic carbocycles. The van der Waals surface area contributed by atoms with Gasteiger partial charge in [-0.2, -0.15) is 5.26 Å². The molecule has 1 heterocycles. The van der Waals surface area contributed by atoms with Gasteiger partial charge in [0.2, 0.25) is 0 Å². The molecular formula is C27H29N3O3. The van der Waals surface area contributed by atoms with Crippen LogP contribution in [0.15, 0.2) is 71.2 Å². The summed E-state index contributed by atoms with van der Waals surface area (Å²) in [5.41, 5.74) is 9.99. The summed E-state index contributed by atoms with van der Waals surface area (Å²) in [6.45, 7) is 6.68. The maximum atomic E-state index is 13.5. The number of ether oxygens (including phenoxy) is 2. The van der Waals surface area contributed by atoms with Gasteiger partial charge in [-0.25, -0.2) is 0 Å². The Bertz CT molecular complexity index is 1170. The van der Waals surface area contributed by atoms with E-state index in [9.17, 15) is 10.1 Å². The van der Waals surface area contributed by atoms with E-state index in [1.807, 2.05) is 60.4 Å². The van der Waals surface area contributed by atoms with Gasteiger partial charge >= 0.3 is 0 Å². The highest BCUT2D eigenvalue weighted by molar-refractivity contribution is 6.01. The van der Waals surface area contributed by atoms with Crippen LogP contribution in [-0.4, -0.2) is 19.5 Å². The molecule has 170 valence electrons. The van der Waals surface area contributed by atoms with Crippen molar-refractivity contribution in [2.45, 2.75) is 39.5 Å². The Balaban J connectivity index is 1.91. The molecule has 1 atom stereocenters. The molecule has 0 bridgehead atoms. The highest BCUT2D eigenvalue weighted by atomic mass is 16.5. The molecule has 2 aromatic rings. The minimum atomic E-state index is -0.501. The first kappa shape index (κ1) is 22.5. The number of anilines is 1. The molecule has 0 saturated heterocycles. The molecule has 0 radical (unpaired) electrons. The summed E-state index contributed by atoms with van der Waals surface area (Å²) in [5, 5.41) is 10.2. The first-order valence-electron chi connectivity index (χ1n) is 11.1. The van der Waals surface area contributed by atoms with Crippen LogP contribution in [0.5, 0.6) is 11.5 Å². The van der Waals surface area contributed by atoms with Crippen LogP contribution in [0.3, 0.4) is 0 Å². The number of rotatable bonds is 5. The molecule has 6 nitrogen and oxygen atoms in total. The van der Waals surface area contributed by atoms with E-state index in [0.717, 1.165) is 28.4 Å². The summed E-state index contributed by atoms with van der Waals surface area (Å²) in [7, 11) is 1.61. The molecule has 0 amide bonds. The van der Waals surface area contributed by atoms with Crippen LogP contribution in [-0.2, 0) is 4.79 Å². The third-order valence-corrected chi connectivity index (χ3v) is 6.24. The summed E-state index contributed by atoms with van der Waals surface area (Å²) in [5.74, 6) is 1.38. The van der Waals surface area contributed by atoms with Gasteiger partial charge in [-0.05, 0) is 60.7 Å². The van der Waals surface area contributed by atoms with Crippen LogP contribution >= 0.6 is 0 Å². The van der Waals surface area contributed by atoms with Gasteiger partial charge in [-0.1, -0.05) is 26.0 Å². The molecule has 0 aromatic heterocycles. The first-order valence-corrected chi connectivity index (χ1v) is 11.1. The van der Waals surface area contributed by atoms with Crippen molar-refractivity contribution in [2.75, 3.05) is 18.6 Å². The fraction of sp³-hybridized carbons (Fsp3) is 0.333. The third-order valence-electron chi connectivity index (χ3n) is 6.24. The lowest BCUT2D eigenvalue weighted by atomic mass is 9.68. The minimum Gasteiger partial charge on any atom is -0.497 e. The lowest BCUT2D eigenvalue weighted by Crippen LogP contribution is -2.42. The molecule has 2 aliphatic rings. The number of nitrogens with zero attached hydrogens (tertiary/aromatic N) is 2. The van der Waals surface area contributed by atoms with Gasteiger partial charge in [0, 0.05) is 23.4 Å². The van der Waals surface area contributed by atoms with Gasteiger partial charge in [0.25, 0.3) is 0 Å². The third kappa shape index (κ3) is 4.07. The molecular weight excluding hydrogens is 414 g/mol. The number of Topliss-reactive ketones (excluding diaryl/α,β-unsaturated/α-hetero) is 1. The largest absolute Gasteiger partial charge is 0.497 e. The van der Waals surface area contributed by atoms with Crippen LogP contribution < -0.4 is 20.1 Å². The zero-order valence-corrected chi connectivity index (χ0v) is 19.5. The van der Waals surface area contributed by atoms with E-state index >= 15 is 0 Å². The second kappa shape index (κ2) is 8.67. The van der Waals surface area contributed by atoms with Crippen LogP contribution in [0.1, 0.15) is 45.1 Å². The van der Waals surface area contributed by atoms with Crippen LogP contribution in [0.2, 0.25) is 0 Å². The number of benzene rings is 2. The Morgan fingerprint density at radius 1 is 1.09 bits per heavy atom. The van der Waals surface area contributed by atoms with Crippen molar-refractivity contribution in [1.82, 2.24) is 0 Å². The Hall–Kier alpha value is -3.72. The van der Waals surface area contributed by atoms with E-state index in [1.54, 1.807) is 7.11 Å². The number of ketones is 1. The van der Waals surface area contributed by atoms with Crippen molar-refractivity contribution in [3.8, 4) is 17.6 Å². The summed E-state index contributed by atoms with van der Waals surface area (Å²) in [4.78, 5) is 15.4. The number of nitrogens with two attached hydrogens (primary N) is 1. The second-order valence-electron chi connectivity index (χ2n) is 9.18. The number of hydrogen-bond acceptors (Lipinski definition) is 6. The smallest absolute Gasteiger partial charge is 0.162 e. The normalized spacial score (nSPS) is 19.8. The van der Waals surface area contributed by atoms with Gasteiger partial charge in [0.1, 0.15) is 17.3 Å². The highest BCUT2D eigenvalue weighted by Crippen LogP contribution is 2.50. The van der Waals surface area contributed by atoms with Crippen LogP contribution in [0, 0.1) is 16.7 Å². The molecule has 1 aliphatic heterocycles. The molecule has 0 spiro atoms. The van der Waals surface area contributed by atoms with E-state index in [4.69, 9.17) is 15.2 Å². The van der Waals surface area contributed by atoms with E-state index in [0.29, 0.717) is 36.4 Å². The summed E-state index contributed by atoms with van der Waals surface area (Å²) < 4.78 is 10.9. The molecule has 4 rings (SSSR count).